The largest absolute Gasteiger partial charge is 0.322 e. The van der Waals surface area contributed by atoms with Crippen molar-refractivity contribution in [2.45, 2.75) is 6.92 Å². The summed E-state index contributed by atoms with van der Waals surface area (Å²) < 4.78 is 38.2. The molecule has 1 unspecified atom stereocenters. The Hall–Kier alpha value is -2.16. The average molecular weight is 431 g/mol. The van der Waals surface area contributed by atoms with Gasteiger partial charge >= 0.3 is 0 Å². The molecule has 1 saturated heterocycles. The summed E-state index contributed by atoms with van der Waals surface area (Å²) in [5.41, 5.74) is 0.381. The van der Waals surface area contributed by atoms with Crippen molar-refractivity contribution in [2.75, 3.05) is 15.4 Å². The number of nitrogens with zero attached hydrogens (tertiary/aromatic N) is 1. The summed E-state index contributed by atoms with van der Waals surface area (Å²) in [6.45, 7) is 1.52. The number of anilines is 2. The lowest BCUT2D eigenvalue weighted by molar-refractivity contribution is -0.119. The van der Waals surface area contributed by atoms with Gasteiger partial charge in [-0.25, -0.2) is 17.1 Å². The van der Waals surface area contributed by atoms with Gasteiger partial charge in [-0.05, 0) is 36.4 Å². The standard InChI is InChI=1S/C17H13Cl2FN2O4S/c1-9-8-27(25,26)22(17(9)24)11-3-4-12(13(18)7-11)16(23)21-10-2-5-15(20)14(19)6-10/h2-7,9H,8H2,1H3,(H,21,23). The third-order valence-electron chi connectivity index (χ3n) is 3.97. The van der Waals surface area contributed by atoms with Gasteiger partial charge in [0.25, 0.3) is 5.91 Å². The normalized spacial score (nSPS) is 18.6. The first kappa shape index (κ1) is 19.6. The van der Waals surface area contributed by atoms with Gasteiger partial charge in [0.15, 0.2) is 0 Å². The average Bonchev–Trinajstić information content (AvgIpc) is 2.78. The second kappa shape index (κ2) is 7.10. The fourth-order valence-corrected chi connectivity index (χ4v) is 4.93. The number of carbonyl (C=O) groups excluding carboxylic acids is 2. The number of hydrogen-bond donors (Lipinski definition) is 1. The molecule has 0 aromatic heterocycles. The van der Waals surface area contributed by atoms with E-state index in [1.54, 1.807) is 0 Å². The number of halogens is 3. The fraction of sp³-hybridized carbons (Fsp3) is 0.176. The maximum atomic E-state index is 13.2. The molecule has 0 spiro atoms. The van der Waals surface area contributed by atoms with Gasteiger partial charge in [0.2, 0.25) is 15.9 Å². The summed E-state index contributed by atoms with van der Waals surface area (Å²) in [5, 5.41) is 2.32. The first-order valence-corrected chi connectivity index (χ1v) is 10.1. The Morgan fingerprint density at radius 3 is 2.44 bits per heavy atom. The molecule has 142 valence electrons. The molecule has 10 heteroatoms. The maximum absolute atomic E-state index is 13.2. The van der Waals surface area contributed by atoms with Crippen molar-refractivity contribution in [3.05, 3.63) is 57.8 Å². The molecule has 2 aromatic carbocycles. The van der Waals surface area contributed by atoms with E-state index in [1.807, 2.05) is 0 Å². The summed E-state index contributed by atoms with van der Waals surface area (Å²) in [6.07, 6.45) is 0. The van der Waals surface area contributed by atoms with Crippen LogP contribution in [0.15, 0.2) is 36.4 Å². The van der Waals surface area contributed by atoms with E-state index in [0.29, 0.717) is 4.31 Å². The highest BCUT2D eigenvalue weighted by atomic mass is 35.5. The SMILES string of the molecule is CC1CS(=O)(=O)N(c2ccc(C(=O)Nc3ccc(F)c(Cl)c3)c(Cl)c2)C1=O. The summed E-state index contributed by atoms with van der Waals surface area (Å²) in [4.78, 5) is 24.5. The number of sulfonamides is 1. The van der Waals surface area contributed by atoms with Crippen molar-refractivity contribution in [1.29, 1.82) is 0 Å². The third kappa shape index (κ3) is 3.78. The Bertz CT molecular complexity index is 1060. The van der Waals surface area contributed by atoms with Gasteiger partial charge in [0.1, 0.15) is 5.82 Å². The van der Waals surface area contributed by atoms with E-state index < -0.39 is 33.6 Å². The van der Waals surface area contributed by atoms with E-state index in [4.69, 9.17) is 23.2 Å². The van der Waals surface area contributed by atoms with Crippen molar-refractivity contribution in [1.82, 2.24) is 0 Å². The molecule has 0 aliphatic carbocycles. The van der Waals surface area contributed by atoms with Gasteiger partial charge < -0.3 is 5.32 Å². The lowest BCUT2D eigenvalue weighted by Gasteiger charge is -2.16. The van der Waals surface area contributed by atoms with Crippen molar-refractivity contribution < 1.29 is 22.4 Å². The fourth-order valence-electron chi connectivity index (χ4n) is 2.67. The summed E-state index contributed by atoms with van der Waals surface area (Å²) in [7, 11) is -3.77. The first-order valence-electron chi connectivity index (χ1n) is 7.73. The number of hydrogen-bond acceptors (Lipinski definition) is 4. The number of amides is 2. The molecule has 0 saturated carbocycles. The molecule has 3 rings (SSSR count). The Morgan fingerprint density at radius 2 is 1.89 bits per heavy atom. The number of carbonyl (C=O) groups is 2. The molecule has 2 aromatic rings. The molecule has 1 fully saturated rings. The minimum atomic E-state index is -3.77. The van der Waals surface area contributed by atoms with Crippen LogP contribution in [-0.2, 0) is 14.8 Å². The molecule has 1 heterocycles. The quantitative estimate of drug-likeness (QED) is 0.804. The van der Waals surface area contributed by atoms with E-state index >= 15 is 0 Å². The van der Waals surface area contributed by atoms with E-state index in [1.165, 1.54) is 37.3 Å². The van der Waals surface area contributed by atoms with Crippen LogP contribution in [0.1, 0.15) is 17.3 Å². The zero-order valence-corrected chi connectivity index (χ0v) is 16.2. The molecule has 0 bridgehead atoms. The van der Waals surface area contributed by atoms with Crippen molar-refractivity contribution in [3.63, 3.8) is 0 Å². The smallest absolute Gasteiger partial charge is 0.257 e. The van der Waals surface area contributed by atoms with Crippen LogP contribution in [0, 0.1) is 11.7 Å². The zero-order valence-electron chi connectivity index (χ0n) is 13.9. The highest BCUT2D eigenvalue weighted by molar-refractivity contribution is 7.94. The van der Waals surface area contributed by atoms with Crippen LogP contribution in [0.3, 0.4) is 0 Å². The van der Waals surface area contributed by atoms with Crippen LogP contribution in [0.25, 0.3) is 0 Å². The van der Waals surface area contributed by atoms with Crippen molar-refractivity contribution in [2.24, 2.45) is 5.92 Å². The van der Waals surface area contributed by atoms with E-state index in [-0.39, 0.29) is 32.7 Å². The Kier molecular flexibility index (Phi) is 5.16. The lowest BCUT2D eigenvalue weighted by Crippen LogP contribution is -2.30. The highest BCUT2D eigenvalue weighted by Crippen LogP contribution is 2.31. The van der Waals surface area contributed by atoms with Crippen LogP contribution in [0.4, 0.5) is 15.8 Å². The Morgan fingerprint density at radius 1 is 1.19 bits per heavy atom. The van der Waals surface area contributed by atoms with Crippen LogP contribution in [0.2, 0.25) is 10.0 Å². The monoisotopic (exact) mass is 430 g/mol. The number of benzene rings is 2. The number of rotatable bonds is 3. The van der Waals surface area contributed by atoms with Gasteiger partial charge in [0.05, 0.1) is 33.0 Å². The van der Waals surface area contributed by atoms with E-state index in [9.17, 15) is 22.4 Å². The molecule has 6 nitrogen and oxygen atoms in total. The van der Waals surface area contributed by atoms with Gasteiger partial charge in [-0.15, -0.1) is 0 Å². The van der Waals surface area contributed by atoms with Crippen LogP contribution < -0.4 is 9.62 Å². The van der Waals surface area contributed by atoms with Gasteiger partial charge in [0, 0.05) is 5.69 Å². The maximum Gasteiger partial charge on any atom is 0.257 e. The third-order valence-corrected chi connectivity index (χ3v) is 6.44. The summed E-state index contributed by atoms with van der Waals surface area (Å²) in [6, 6.07) is 7.55. The van der Waals surface area contributed by atoms with Crippen molar-refractivity contribution >= 4 is 56.4 Å². The molecular formula is C17H13Cl2FN2O4S. The molecule has 27 heavy (non-hydrogen) atoms. The second-order valence-electron chi connectivity index (χ2n) is 6.03. The number of nitrogens with one attached hydrogen (secondary N) is 1. The molecular weight excluding hydrogens is 418 g/mol. The van der Waals surface area contributed by atoms with Crippen molar-refractivity contribution in [3.8, 4) is 0 Å². The van der Waals surface area contributed by atoms with Gasteiger partial charge in [-0.3, -0.25) is 9.59 Å². The Labute approximate surface area is 164 Å². The summed E-state index contributed by atoms with van der Waals surface area (Å²) in [5.74, 6) is -2.71. The van der Waals surface area contributed by atoms with E-state index in [2.05, 4.69) is 5.32 Å². The van der Waals surface area contributed by atoms with Gasteiger partial charge in [-0.2, -0.15) is 0 Å². The van der Waals surface area contributed by atoms with E-state index in [0.717, 1.165) is 6.07 Å². The Balaban J connectivity index is 1.87. The minimum Gasteiger partial charge on any atom is -0.322 e. The molecule has 1 N–H and O–H groups in total. The molecule has 1 aliphatic heterocycles. The first-order chi connectivity index (χ1) is 12.6. The molecule has 1 aliphatic rings. The van der Waals surface area contributed by atoms with Gasteiger partial charge in [-0.1, -0.05) is 30.1 Å². The lowest BCUT2D eigenvalue weighted by atomic mass is 10.1. The molecule has 0 radical (unpaired) electrons. The topological polar surface area (TPSA) is 83.6 Å². The molecule has 1 atom stereocenters. The zero-order chi connectivity index (χ0) is 19.9. The van der Waals surface area contributed by atoms with Crippen LogP contribution >= 0.6 is 23.2 Å². The minimum absolute atomic E-state index is 0.0410. The van der Waals surface area contributed by atoms with Crippen LogP contribution in [0.5, 0.6) is 0 Å². The van der Waals surface area contributed by atoms with Crippen LogP contribution in [-0.4, -0.2) is 26.0 Å². The second-order valence-corrected chi connectivity index (χ2v) is 8.71. The summed E-state index contributed by atoms with van der Waals surface area (Å²) >= 11 is 11.8. The highest BCUT2D eigenvalue weighted by Gasteiger charge is 2.42. The predicted molar refractivity (Wildman–Crippen MR) is 101 cm³/mol. The predicted octanol–water partition coefficient (Wildman–Crippen LogP) is 3.70. The molecule has 2 amide bonds.